The van der Waals surface area contributed by atoms with E-state index in [1.807, 2.05) is 18.2 Å². The van der Waals surface area contributed by atoms with Crippen LogP contribution in [0.25, 0.3) is 0 Å². The lowest BCUT2D eigenvalue weighted by atomic mass is 10.1. The number of nitrogens with one attached hydrogen (secondary N) is 1. The van der Waals surface area contributed by atoms with E-state index in [1.165, 1.54) is 10.4 Å². The molecule has 1 heterocycles. The van der Waals surface area contributed by atoms with Gasteiger partial charge in [-0.2, -0.15) is 4.31 Å². The van der Waals surface area contributed by atoms with Gasteiger partial charge in [0, 0.05) is 18.8 Å². The molecule has 1 amide bonds. The molecule has 1 aliphatic heterocycles. The molecule has 1 atom stereocenters. The molecule has 0 aliphatic carbocycles. The number of piperidine rings is 1. The summed E-state index contributed by atoms with van der Waals surface area (Å²) in [5.41, 5.74) is 7.80. The van der Waals surface area contributed by atoms with Gasteiger partial charge in [-0.1, -0.05) is 42.8 Å². The molecule has 7 heteroatoms. The van der Waals surface area contributed by atoms with Gasteiger partial charge in [-0.05, 0) is 43.0 Å². The average Bonchev–Trinajstić information content (AvgIpc) is 2.70. The van der Waals surface area contributed by atoms with Crippen molar-refractivity contribution in [1.29, 1.82) is 0 Å². The highest BCUT2D eigenvalue weighted by molar-refractivity contribution is 7.89. The van der Waals surface area contributed by atoms with Gasteiger partial charge in [-0.25, -0.2) is 8.42 Å². The summed E-state index contributed by atoms with van der Waals surface area (Å²) in [6.45, 7) is 2.84. The number of nitrogens with zero attached hydrogens (tertiary/aromatic N) is 1. The van der Waals surface area contributed by atoms with Crippen molar-refractivity contribution in [2.75, 3.05) is 18.4 Å². The number of carbonyl (C=O) groups is 1. The summed E-state index contributed by atoms with van der Waals surface area (Å²) in [6.07, 6.45) is 2.81. The lowest BCUT2D eigenvalue weighted by Gasteiger charge is -2.26. The zero-order chi connectivity index (χ0) is 19.4. The number of aryl methyl sites for hydroxylation is 1. The molecule has 1 fully saturated rings. The molecule has 0 spiro atoms. The maximum atomic E-state index is 13.0. The lowest BCUT2D eigenvalue weighted by Crippen LogP contribution is -2.36. The van der Waals surface area contributed by atoms with Crippen LogP contribution in [0.1, 0.15) is 36.4 Å². The van der Waals surface area contributed by atoms with Gasteiger partial charge in [-0.3, -0.25) is 4.79 Å². The number of anilines is 1. The van der Waals surface area contributed by atoms with Crippen LogP contribution in [0.15, 0.2) is 53.4 Å². The Morgan fingerprint density at radius 3 is 2.41 bits per heavy atom. The normalized spacial score (nSPS) is 16.7. The molecule has 3 rings (SSSR count). The van der Waals surface area contributed by atoms with Gasteiger partial charge in [0.1, 0.15) is 6.04 Å². The molecular formula is C20H25N3O3S. The van der Waals surface area contributed by atoms with Crippen molar-refractivity contribution in [2.45, 2.75) is 37.1 Å². The van der Waals surface area contributed by atoms with Gasteiger partial charge in [0.25, 0.3) is 0 Å². The Bertz CT molecular complexity index is 907. The largest absolute Gasteiger partial charge is 0.324 e. The predicted octanol–water partition coefficient (Wildman–Crippen LogP) is 2.81. The van der Waals surface area contributed by atoms with Crippen LogP contribution in [-0.4, -0.2) is 31.7 Å². The molecule has 3 N–H and O–H groups in total. The van der Waals surface area contributed by atoms with Gasteiger partial charge in [-0.15, -0.1) is 0 Å². The fourth-order valence-electron chi connectivity index (χ4n) is 3.23. The van der Waals surface area contributed by atoms with Crippen LogP contribution >= 0.6 is 0 Å². The standard InChI is InChI=1S/C20H25N3O3S/c1-15-10-11-17(22-20(24)19(21)16-8-4-2-5-9-16)14-18(15)27(25,26)23-12-6-3-7-13-23/h2,4-5,8-11,14,19H,3,6-7,12-13,21H2,1H3,(H,22,24). The highest BCUT2D eigenvalue weighted by Gasteiger charge is 2.28. The SMILES string of the molecule is Cc1ccc(NC(=O)C(N)c2ccccc2)cc1S(=O)(=O)N1CCCCC1. The number of benzene rings is 2. The second-order valence-corrected chi connectivity index (χ2v) is 8.73. The molecule has 6 nitrogen and oxygen atoms in total. The third kappa shape index (κ3) is 4.37. The van der Waals surface area contributed by atoms with Crippen molar-refractivity contribution < 1.29 is 13.2 Å². The molecule has 2 aromatic carbocycles. The summed E-state index contributed by atoms with van der Waals surface area (Å²) in [5, 5.41) is 2.74. The fourth-order valence-corrected chi connectivity index (χ4v) is 5.00. The zero-order valence-electron chi connectivity index (χ0n) is 15.4. The highest BCUT2D eigenvalue weighted by atomic mass is 32.2. The molecule has 1 saturated heterocycles. The molecule has 0 aromatic heterocycles. The Balaban J connectivity index is 1.82. The van der Waals surface area contributed by atoms with E-state index in [0.717, 1.165) is 19.3 Å². The van der Waals surface area contributed by atoms with Crippen LogP contribution in [-0.2, 0) is 14.8 Å². The number of hydrogen-bond acceptors (Lipinski definition) is 4. The van der Waals surface area contributed by atoms with E-state index in [4.69, 9.17) is 5.73 Å². The zero-order valence-corrected chi connectivity index (χ0v) is 16.2. The molecule has 2 aromatic rings. The molecule has 1 aliphatic rings. The smallest absolute Gasteiger partial charge is 0.245 e. The van der Waals surface area contributed by atoms with E-state index in [0.29, 0.717) is 29.9 Å². The van der Waals surface area contributed by atoms with Crippen molar-refractivity contribution in [1.82, 2.24) is 4.31 Å². The number of nitrogens with two attached hydrogens (primary N) is 1. The molecular weight excluding hydrogens is 362 g/mol. The van der Waals surface area contributed by atoms with E-state index in [1.54, 1.807) is 31.2 Å². The first-order valence-corrected chi connectivity index (χ1v) is 10.6. The van der Waals surface area contributed by atoms with Crippen molar-refractivity contribution >= 4 is 21.6 Å². The number of carbonyl (C=O) groups excluding carboxylic acids is 1. The first kappa shape index (κ1) is 19.5. The minimum atomic E-state index is -3.57. The van der Waals surface area contributed by atoms with Gasteiger partial charge in [0.15, 0.2) is 0 Å². The van der Waals surface area contributed by atoms with E-state index in [2.05, 4.69) is 5.32 Å². The minimum absolute atomic E-state index is 0.232. The number of rotatable bonds is 5. The molecule has 1 unspecified atom stereocenters. The summed E-state index contributed by atoms with van der Waals surface area (Å²) in [6, 6.07) is 13.2. The summed E-state index contributed by atoms with van der Waals surface area (Å²) in [5.74, 6) is -0.383. The quantitative estimate of drug-likeness (QED) is 0.825. The van der Waals surface area contributed by atoms with Crippen molar-refractivity contribution in [3.05, 3.63) is 59.7 Å². The summed E-state index contributed by atoms with van der Waals surface area (Å²) in [4.78, 5) is 12.7. The van der Waals surface area contributed by atoms with Gasteiger partial charge in [0.05, 0.1) is 4.90 Å². The summed E-state index contributed by atoms with van der Waals surface area (Å²) < 4.78 is 27.5. The topological polar surface area (TPSA) is 92.5 Å². The third-order valence-corrected chi connectivity index (χ3v) is 6.87. The predicted molar refractivity (Wildman–Crippen MR) is 106 cm³/mol. The van der Waals surface area contributed by atoms with Crippen molar-refractivity contribution in [2.24, 2.45) is 5.73 Å². The van der Waals surface area contributed by atoms with Crippen molar-refractivity contribution in [3.63, 3.8) is 0 Å². The summed E-state index contributed by atoms with van der Waals surface area (Å²) >= 11 is 0. The van der Waals surface area contributed by atoms with Crippen molar-refractivity contribution in [3.8, 4) is 0 Å². The van der Waals surface area contributed by atoms with Gasteiger partial charge >= 0.3 is 0 Å². The Morgan fingerprint density at radius 1 is 1.07 bits per heavy atom. The summed E-state index contributed by atoms with van der Waals surface area (Å²) in [7, 11) is -3.57. The van der Waals surface area contributed by atoms with Crippen LogP contribution in [0, 0.1) is 6.92 Å². The molecule has 0 bridgehead atoms. The van der Waals surface area contributed by atoms with Crippen LogP contribution in [0.4, 0.5) is 5.69 Å². The first-order valence-electron chi connectivity index (χ1n) is 9.12. The first-order chi connectivity index (χ1) is 12.9. The second kappa shape index (κ2) is 8.21. The van der Waals surface area contributed by atoms with E-state index < -0.39 is 16.1 Å². The Hall–Kier alpha value is -2.22. The monoisotopic (exact) mass is 387 g/mol. The minimum Gasteiger partial charge on any atom is -0.324 e. The molecule has 144 valence electrons. The van der Waals surface area contributed by atoms with E-state index in [9.17, 15) is 13.2 Å². The second-order valence-electron chi connectivity index (χ2n) is 6.82. The Morgan fingerprint density at radius 2 is 1.74 bits per heavy atom. The fraction of sp³-hybridized carbons (Fsp3) is 0.350. The van der Waals surface area contributed by atoms with Crippen LogP contribution in [0.3, 0.4) is 0 Å². The number of hydrogen-bond donors (Lipinski definition) is 2. The van der Waals surface area contributed by atoms with E-state index >= 15 is 0 Å². The Labute approximate surface area is 160 Å². The molecule has 0 radical (unpaired) electrons. The number of sulfonamides is 1. The lowest BCUT2D eigenvalue weighted by molar-refractivity contribution is -0.117. The number of amides is 1. The van der Waals surface area contributed by atoms with E-state index in [-0.39, 0.29) is 10.8 Å². The molecule has 27 heavy (non-hydrogen) atoms. The Kier molecular flexibility index (Phi) is 5.94. The molecule has 0 saturated carbocycles. The van der Waals surface area contributed by atoms with Gasteiger partial charge < -0.3 is 11.1 Å². The van der Waals surface area contributed by atoms with Crippen LogP contribution in [0.5, 0.6) is 0 Å². The van der Waals surface area contributed by atoms with Gasteiger partial charge in [0.2, 0.25) is 15.9 Å². The maximum Gasteiger partial charge on any atom is 0.245 e. The maximum absolute atomic E-state index is 13.0. The highest BCUT2D eigenvalue weighted by Crippen LogP contribution is 2.26. The third-order valence-electron chi connectivity index (χ3n) is 4.83. The van der Waals surface area contributed by atoms with Crippen LogP contribution in [0.2, 0.25) is 0 Å². The average molecular weight is 388 g/mol. The van der Waals surface area contributed by atoms with Crippen LogP contribution < -0.4 is 11.1 Å².